The van der Waals surface area contributed by atoms with Crippen LogP contribution in [0.3, 0.4) is 0 Å². The van der Waals surface area contributed by atoms with Crippen LogP contribution in [0.4, 0.5) is 5.69 Å². The summed E-state index contributed by atoms with van der Waals surface area (Å²) in [4.78, 5) is 7.47. The molecular formula is C18H25Cl2N3OS. The van der Waals surface area contributed by atoms with E-state index in [9.17, 15) is 0 Å². The van der Waals surface area contributed by atoms with Gasteiger partial charge in [-0.25, -0.2) is 0 Å². The van der Waals surface area contributed by atoms with Crippen LogP contribution < -0.4 is 5.32 Å². The first-order valence-corrected chi connectivity index (χ1v) is 8.26. The van der Waals surface area contributed by atoms with E-state index in [-0.39, 0.29) is 30.3 Å². The third-order valence-electron chi connectivity index (χ3n) is 3.94. The van der Waals surface area contributed by atoms with Gasteiger partial charge in [0.1, 0.15) is 4.99 Å². The van der Waals surface area contributed by atoms with Gasteiger partial charge in [0.05, 0.1) is 5.69 Å². The number of nitrogens with zero attached hydrogens (tertiary/aromatic N) is 2. The zero-order chi connectivity index (χ0) is 15.2. The summed E-state index contributed by atoms with van der Waals surface area (Å²) in [6, 6.07) is 14.3. The molecule has 2 heterocycles. The smallest absolute Gasteiger partial charge is 0.129 e. The molecule has 7 heteroatoms. The Kier molecular flexibility index (Phi) is 11.6. The van der Waals surface area contributed by atoms with Crippen molar-refractivity contribution in [1.82, 2.24) is 9.88 Å². The van der Waals surface area contributed by atoms with Gasteiger partial charge in [-0.05, 0) is 55.8 Å². The Morgan fingerprint density at radius 2 is 1.80 bits per heavy atom. The predicted octanol–water partition coefficient (Wildman–Crippen LogP) is 3.87. The average Bonchev–Trinajstić information content (AvgIpc) is 2.57. The van der Waals surface area contributed by atoms with Crippen molar-refractivity contribution >= 4 is 47.7 Å². The van der Waals surface area contributed by atoms with Crippen molar-refractivity contribution in [2.45, 2.75) is 25.8 Å². The fourth-order valence-electron chi connectivity index (χ4n) is 2.82. The monoisotopic (exact) mass is 401 g/mol. The Morgan fingerprint density at radius 3 is 2.48 bits per heavy atom. The van der Waals surface area contributed by atoms with Gasteiger partial charge in [0.2, 0.25) is 0 Å². The fourth-order valence-corrected chi connectivity index (χ4v) is 3.05. The summed E-state index contributed by atoms with van der Waals surface area (Å²) in [5.41, 5.74) is 3.17. The molecule has 1 aliphatic heterocycles. The van der Waals surface area contributed by atoms with E-state index in [4.69, 9.17) is 12.2 Å². The number of hydrogen-bond donors (Lipinski definition) is 1. The lowest BCUT2D eigenvalue weighted by Gasteiger charge is -2.26. The van der Waals surface area contributed by atoms with Crippen LogP contribution in [0.1, 0.15) is 30.5 Å². The SMILES string of the molecule is Cl.Cl.O.S=C(Nc1cccc(CN2CCCCC2)c1)c1ccccn1. The largest absolute Gasteiger partial charge is 0.412 e. The van der Waals surface area contributed by atoms with Gasteiger partial charge in [0.25, 0.3) is 0 Å². The van der Waals surface area contributed by atoms with Crippen LogP contribution in [0, 0.1) is 0 Å². The molecule has 138 valence electrons. The van der Waals surface area contributed by atoms with Gasteiger partial charge >= 0.3 is 0 Å². The first kappa shape index (κ1) is 23.8. The van der Waals surface area contributed by atoms with Gasteiger partial charge in [0.15, 0.2) is 0 Å². The minimum Gasteiger partial charge on any atom is -0.412 e. The molecule has 25 heavy (non-hydrogen) atoms. The summed E-state index contributed by atoms with van der Waals surface area (Å²) in [5.74, 6) is 0. The van der Waals surface area contributed by atoms with Crippen LogP contribution in [-0.2, 0) is 6.54 Å². The standard InChI is InChI=1S/C18H21N3S.2ClH.H2O/c22-18(17-9-2-3-10-19-17)20-16-8-6-7-15(13-16)14-21-11-4-1-5-12-21;;;/h2-3,6-10,13H,1,4-5,11-12,14H2,(H,20,22);2*1H;1H2. The average molecular weight is 402 g/mol. The number of benzene rings is 1. The first-order valence-electron chi connectivity index (χ1n) is 7.85. The van der Waals surface area contributed by atoms with Crippen molar-refractivity contribution in [1.29, 1.82) is 0 Å². The summed E-state index contributed by atoms with van der Waals surface area (Å²) in [5, 5.41) is 3.29. The maximum Gasteiger partial charge on any atom is 0.129 e. The molecule has 1 aliphatic rings. The van der Waals surface area contributed by atoms with Crippen molar-refractivity contribution in [2.75, 3.05) is 18.4 Å². The highest BCUT2D eigenvalue weighted by molar-refractivity contribution is 7.81. The van der Waals surface area contributed by atoms with Gasteiger partial charge < -0.3 is 10.8 Å². The number of likely N-dealkylation sites (tertiary alicyclic amines) is 1. The summed E-state index contributed by atoms with van der Waals surface area (Å²) in [6.45, 7) is 3.44. The number of thiocarbonyl (C=S) groups is 1. The van der Waals surface area contributed by atoms with E-state index in [1.54, 1.807) is 6.20 Å². The summed E-state index contributed by atoms with van der Waals surface area (Å²) >= 11 is 5.42. The third kappa shape index (κ3) is 7.26. The number of aromatic nitrogens is 1. The molecule has 0 amide bonds. The zero-order valence-electron chi connectivity index (χ0n) is 14.0. The van der Waals surface area contributed by atoms with Gasteiger partial charge in [-0.1, -0.05) is 36.8 Å². The second kappa shape index (κ2) is 12.2. The van der Waals surface area contributed by atoms with Crippen molar-refractivity contribution in [3.8, 4) is 0 Å². The topological polar surface area (TPSA) is 59.7 Å². The zero-order valence-corrected chi connectivity index (χ0v) is 16.4. The Bertz CT molecular complexity index is 637. The molecule has 0 spiro atoms. The van der Waals surface area contributed by atoms with E-state index in [1.165, 1.54) is 37.9 Å². The Morgan fingerprint density at radius 1 is 1.04 bits per heavy atom. The van der Waals surface area contributed by atoms with E-state index < -0.39 is 0 Å². The van der Waals surface area contributed by atoms with Crippen LogP contribution in [0.15, 0.2) is 48.7 Å². The van der Waals surface area contributed by atoms with Crippen LogP contribution in [0.2, 0.25) is 0 Å². The highest BCUT2D eigenvalue weighted by Gasteiger charge is 2.10. The normalized spacial score (nSPS) is 13.6. The highest BCUT2D eigenvalue weighted by atomic mass is 35.5. The van der Waals surface area contributed by atoms with Crippen LogP contribution in [-0.4, -0.2) is 33.4 Å². The lowest BCUT2D eigenvalue weighted by Crippen LogP contribution is -2.29. The van der Waals surface area contributed by atoms with E-state index in [0.29, 0.717) is 4.99 Å². The number of pyridine rings is 1. The molecule has 1 aromatic carbocycles. The van der Waals surface area contributed by atoms with Gasteiger partial charge in [-0.15, -0.1) is 24.8 Å². The number of nitrogens with one attached hydrogen (secondary N) is 1. The predicted molar refractivity (Wildman–Crippen MR) is 113 cm³/mol. The number of anilines is 1. The second-order valence-electron chi connectivity index (χ2n) is 5.71. The molecule has 0 bridgehead atoms. The van der Waals surface area contributed by atoms with Crippen molar-refractivity contribution in [2.24, 2.45) is 0 Å². The highest BCUT2D eigenvalue weighted by Crippen LogP contribution is 2.16. The van der Waals surface area contributed by atoms with Gasteiger partial charge in [-0.2, -0.15) is 0 Å². The van der Waals surface area contributed by atoms with Gasteiger partial charge in [0, 0.05) is 18.4 Å². The summed E-state index contributed by atoms with van der Waals surface area (Å²) in [6.07, 6.45) is 5.77. The van der Waals surface area contributed by atoms with Gasteiger partial charge in [-0.3, -0.25) is 9.88 Å². The molecule has 3 N–H and O–H groups in total. The minimum atomic E-state index is 0. The van der Waals surface area contributed by atoms with Crippen molar-refractivity contribution in [3.05, 3.63) is 59.9 Å². The maximum atomic E-state index is 5.42. The third-order valence-corrected chi connectivity index (χ3v) is 4.25. The lowest BCUT2D eigenvalue weighted by molar-refractivity contribution is 0.221. The molecule has 1 aromatic heterocycles. The van der Waals surface area contributed by atoms with E-state index >= 15 is 0 Å². The Hall–Kier alpha value is -1.24. The molecule has 3 rings (SSSR count). The number of hydrogen-bond acceptors (Lipinski definition) is 3. The quantitative estimate of drug-likeness (QED) is 0.789. The fraction of sp³-hybridized carbons (Fsp3) is 0.333. The van der Waals surface area contributed by atoms with Crippen LogP contribution in [0.25, 0.3) is 0 Å². The Labute approximate surface area is 167 Å². The molecule has 0 unspecified atom stereocenters. The molecule has 0 aliphatic carbocycles. The first-order chi connectivity index (χ1) is 10.8. The number of rotatable bonds is 4. The molecule has 1 saturated heterocycles. The number of piperidine rings is 1. The lowest BCUT2D eigenvalue weighted by atomic mass is 10.1. The van der Waals surface area contributed by atoms with Crippen molar-refractivity contribution in [3.63, 3.8) is 0 Å². The molecular weight excluding hydrogens is 377 g/mol. The minimum absolute atomic E-state index is 0. The molecule has 4 nitrogen and oxygen atoms in total. The summed E-state index contributed by atoms with van der Waals surface area (Å²) < 4.78 is 0. The van der Waals surface area contributed by atoms with E-state index in [1.807, 2.05) is 18.2 Å². The number of halogens is 2. The van der Waals surface area contributed by atoms with Crippen LogP contribution in [0.5, 0.6) is 0 Å². The molecule has 2 aromatic rings. The summed E-state index contributed by atoms with van der Waals surface area (Å²) in [7, 11) is 0. The van der Waals surface area contributed by atoms with Crippen molar-refractivity contribution < 1.29 is 5.48 Å². The maximum absolute atomic E-state index is 5.42. The second-order valence-corrected chi connectivity index (χ2v) is 6.11. The Balaban J connectivity index is 0.00000192. The molecule has 0 saturated carbocycles. The van der Waals surface area contributed by atoms with E-state index in [0.717, 1.165) is 17.9 Å². The molecule has 0 atom stereocenters. The van der Waals surface area contributed by atoms with Crippen LogP contribution >= 0.6 is 37.0 Å². The molecule has 0 radical (unpaired) electrons. The van der Waals surface area contributed by atoms with E-state index in [2.05, 4.69) is 39.5 Å². The molecule has 1 fully saturated rings.